The van der Waals surface area contributed by atoms with Crippen LogP contribution in [-0.2, 0) is 0 Å². The second kappa shape index (κ2) is 5.43. The van der Waals surface area contributed by atoms with Crippen LogP contribution < -0.4 is 16.2 Å². The molecule has 0 saturated heterocycles. The Kier molecular flexibility index (Phi) is 4.03. The summed E-state index contributed by atoms with van der Waals surface area (Å²) in [5.41, 5.74) is 2.38. The first kappa shape index (κ1) is 14.8. The van der Waals surface area contributed by atoms with Gasteiger partial charge in [0.2, 0.25) is 0 Å². The molecule has 0 aromatic carbocycles. The molecule has 0 unspecified atom stereocenters. The van der Waals surface area contributed by atoms with Crippen molar-refractivity contribution in [2.45, 2.75) is 44.8 Å². The molecule has 1 fully saturated rings. The molecule has 0 spiro atoms. The lowest BCUT2D eigenvalue weighted by Gasteiger charge is -2.25. The van der Waals surface area contributed by atoms with Crippen LogP contribution in [-0.4, -0.2) is 28.7 Å². The van der Waals surface area contributed by atoms with E-state index in [0.29, 0.717) is 11.6 Å². The van der Waals surface area contributed by atoms with Crippen LogP contribution in [0.1, 0.15) is 38.4 Å². The maximum absolute atomic E-state index is 12.7. The van der Waals surface area contributed by atoms with E-state index in [1.807, 2.05) is 13.8 Å². The van der Waals surface area contributed by atoms with Crippen LogP contribution in [0.15, 0.2) is 6.07 Å². The van der Waals surface area contributed by atoms with E-state index in [9.17, 15) is 13.2 Å². The summed E-state index contributed by atoms with van der Waals surface area (Å²) in [5.74, 6) is 6.41. The molecule has 1 aromatic heterocycles. The molecule has 1 aromatic rings. The zero-order chi connectivity index (χ0) is 14.9. The van der Waals surface area contributed by atoms with Crippen molar-refractivity contribution in [3.63, 3.8) is 0 Å². The van der Waals surface area contributed by atoms with Crippen LogP contribution in [0.3, 0.4) is 0 Å². The summed E-state index contributed by atoms with van der Waals surface area (Å²) in [5, 5.41) is 0. The number of nitrogens with one attached hydrogen (secondary N) is 1. The molecule has 0 radical (unpaired) electrons. The first-order valence-corrected chi connectivity index (χ1v) is 6.49. The molecular formula is C12H18F3N5. The highest BCUT2D eigenvalue weighted by Crippen LogP contribution is 2.34. The van der Waals surface area contributed by atoms with Gasteiger partial charge in [-0.1, -0.05) is 13.8 Å². The summed E-state index contributed by atoms with van der Waals surface area (Å²) in [6.07, 6.45) is -2.76. The molecule has 5 nitrogen and oxygen atoms in total. The largest absolute Gasteiger partial charge is 0.405 e. The molecule has 0 atom stereocenters. The molecule has 2 rings (SSSR count). The zero-order valence-corrected chi connectivity index (χ0v) is 11.4. The van der Waals surface area contributed by atoms with Crippen LogP contribution in [0, 0.1) is 0 Å². The lowest BCUT2D eigenvalue weighted by Crippen LogP contribution is -2.37. The number of aromatic nitrogens is 2. The first-order chi connectivity index (χ1) is 9.30. The molecule has 0 aliphatic heterocycles. The number of nitrogen functional groups attached to an aromatic ring is 1. The molecule has 1 heterocycles. The summed E-state index contributed by atoms with van der Waals surface area (Å²) in [6.45, 7) is 2.76. The van der Waals surface area contributed by atoms with Crippen LogP contribution >= 0.6 is 0 Å². The van der Waals surface area contributed by atoms with Gasteiger partial charge in [-0.25, -0.2) is 15.8 Å². The molecule has 0 amide bonds. The lowest BCUT2D eigenvalue weighted by molar-refractivity contribution is -0.120. The number of alkyl halides is 3. The third kappa shape index (κ3) is 3.72. The number of rotatable bonds is 5. The Labute approximate surface area is 115 Å². The molecule has 8 heteroatoms. The molecule has 112 valence electrons. The molecule has 1 aliphatic carbocycles. The normalized spacial score (nSPS) is 15.6. The lowest BCUT2D eigenvalue weighted by atomic mass is 10.2. The van der Waals surface area contributed by atoms with Crippen LogP contribution in [0.5, 0.6) is 0 Å². The van der Waals surface area contributed by atoms with E-state index in [2.05, 4.69) is 15.4 Å². The predicted octanol–water partition coefficient (Wildman–Crippen LogP) is 2.42. The number of hydrazine groups is 1. The predicted molar refractivity (Wildman–Crippen MR) is 70.4 cm³/mol. The average Bonchev–Trinajstić information content (AvgIpc) is 3.18. The molecule has 1 saturated carbocycles. The van der Waals surface area contributed by atoms with Crippen molar-refractivity contribution in [1.29, 1.82) is 0 Å². The first-order valence-electron chi connectivity index (χ1n) is 6.49. The monoisotopic (exact) mass is 289 g/mol. The van der Waals surface area contributed by atoms with Crippen molar-refractivity contribution in [3.8, 4) is 0 Å². The van der Waals surface area contributed by atoms with Gasteiger partial charge < -0.3 is 10.3 Å². The van der Waals surface area contributed by atoms with Crippen LogP contribution in [0.4, 0.5) is 24.8 Å². The highest BCUT2D eigenvalue weighted by Gasteiger charge is 2.39. The maximum Gasteiger partial charge on any atom is 0.405 e. The highest BCUT2D eigenvalue weighted by molar-refractivity contribution is 5.51. The minimum atomic E-state index is -4.26. The SMILES string of the molecule is CC(C)c1nc(NN)cc(N(CC(F)(F)F)C2CC2)n1. The molecular weight excluding hydrogens is 271 g/mol. The number of nitrogens with zero attached hydrogens (tertiary/aromatic N) is 3. The number of nitrogens with two attached hydrogens (primary N) is 1. The van der Waals surface area contributed by atoms with Crippen molar-refractivity contribution in [3.05, 3.63) is 11.9 Å². The van der Waals surface area contributed by atoms with Crippen molar-refractivity contribution in [1.82, 2.24) is 9.97 Å². The Bertz CT molecular complexity index is 471. The fraction of sp³-hybridized carbons (Fsp3) is 0.667. The van der Waals surface area contributed by atoms with Gasteiger partial charge in [0, 0.05) is 18.0 Å². The van der Waals surface area contributed by atoms with Gasteiger partial charge in [0.25, 0.3) is 0 Å². The topological polar surface area (TPSA) is 67.1 Å². The summed E-state index contributed by atoms with van der Waals surface area (Å²) in [6, 6.07) is 1.35. The van der Waals surface area contributed by atoms with Gasteiger partial charge in [0.05, 0.1) is 0 Å². The second-order valence-electron chi connectivity index (χ2n) is 5.24. The van der Waals surface area contributed by atoms with Gasteiger partial charge in [0.15, 0.2) is 0 Å². The molecule has 3 N–H and O–H groups in total. The number of hydrogen-bond donors (Lipinski definition) is 2. The van der Waals surface area contributed by atoms with Gasteiger partial charge in [-0.2, -0.15) is 13.2 Å². The van der Waals surface area contributed by atoms with Crippen molar-refractivity contribution in [2.24, 2.45) is 5.84 Å². The minimum Gasteiger partial charge on any atom is -0.344 e. The fourth-order valence-electron chi connectivity index (χ4n) is 1.91. The number of anilines is 2. The number of hydrogen-bond acceptors (Lipinski definition) is 5. The second-order valence-corrected chi connectivity index (χ2v) is 5.24. The van der Waals surface area contributed by atoms with Crippen molar-refractivity contribution in [2.75, 3.05) is 16.9 Å². The van der Waals surface area contributed by atoms with E-state index in [-0.39, 0.29) is 17.8 Å². The van der Waals surface area contributed by atoms with Crippen LogP contribution in [0.25, 0.3) is 0 Å². The van der Waals surface area contributed by atoms with E-state index in [1.54, 1.807) is 0 Å². The van der Waals surface area contributed by atoms with Gasteiger partial charge >= 0.3 is 6.18 Å². The average molecular weight is 289 g/mol. The smallest absolute Gasteiger partial charge is 0.344 e. The Balaban J connectivity index is 2.34. The quantitative estimate of drug-likeness (QED) is 0.643. The fourth-order valence-corrected chi connectivity index (χ4v) is 1.91. The molecule has 20 heavy (non-hydrogen) atoms. The Morgan fingerprint density at radius 1 is 1.40 bits per heavy atom. The van der Waals surface area contributed by atoms with E-state index < -0.39 is 12.7 Å². The van der Waals surface area contributed by atoms with Gasteiger partial charge in [-0.15, -0.1) is 0 Å². The van der Waals surface area contributed by atoms with E-state index in [0.717, 1.165) is 12.8 Å². The summed E-state index contributed by atoms with van der Waals surface area (Å²) < 4.78 is 38.1. The zero-order valence-electron chi connectivity index (χ0n) is 11.4. The summed E-state index contributed by atoms with van der Waals surface area (Å²) in [4.78, 5) is 9.69. The summed E-state index contributed by atoms with van der Waals surface area (Å²) >= 11 is 0. The number of halogens is 3. The van der Waals surface area contributed by atoms with E-state index in [1.165, 1.54) is 11.0 Å². The minimum absolute atomic E-state index is 0.00832. The summed E-state index contributed by atoms with van der Waals surface area (Å²) in [7, 11) is 0. The maximum atomic E-state index is 12.7. The van der Waals surface area contributed by atoms with Crippen LogP contribution in [0.2, 0.25) is 0 Å². The van der Waals surface area contributed by atoms with Gasteiger partial charge in [-0.3, -0.25) is 0 Å². The Morgan fingerprint density at radius 2 is 2.05 bits per heavy atom. The van der Waals surface area contributed by atoms with E-state index >= 15 is 0 Å². The van der Waals surface area contributed by atoms with Crippen molar-refractivity contribution < 1.29 is 13.2 Å². The third-order valence-electron chi connectivity index (χ3n) is 3.03. The van der Waals surface area contributed by atoms with Gasteiger partial charge in [0.1, 0.15) is 24.0 Å². The Hall–Kier alpha value is -1.57. The standard InChI is InChI=1S/C12H18F3N5/c1-7(2)11-17-9(19-16)5-10(18-11)20(8-3-4-8)6-12(13,14)15/h5,7-8H,3-4,6,16H2,1-2H3,(H,17,18,19). The molecule has 1 aliphatic rings. The third-order valence-corrected chi connectivity index (χ3v) is 3.03. The van der Waals surface area contributed by atoms with E-state index in [4.69, 9.17) is 5.84 Å². The van der Waals surface area contributed by atoms with Crippen molar-refractivity contribution >= 4 is 11.6 Å². The Morgan fingerprint density at radius 3 is 2.50 bits per heavy atom. The van der Waals surface area contributed by atoms with Gasteiger partial charge in [-0.05, 0) is 12.8 Å². The highest BCUT2D eigenvalue weighted by atomic mass is 19.4. The molecule has 0 bridgehead atoms.